The van der Waals surface area contributed by atoms with Crippen molar-refractivity contribution in [2.45, 2.75) is 39.5 Å². The van der Waals surface area contributed by atoms with Crippen LogP contribution < -0.4 is 88.1 Å². The zero-order valence-corrected chi connectivity index (χ0v) is 86.9. The van der Waals surface area contributed by atoms with Gasteiger partial charge in [-0.15, -0.1) is 0 Å². The molecule has 3 aliphatic rings. The first-order chi connectivity index (χ1) is 74.3. The second kappa shape index (κ2) is 49.2. The van der Waals surface area contributed by atoms with Gasteiger partial charge in [0.1, 0.15) is 87.2 Å². The summed E-state index contributed by atoms with van der Waals surface area (Å²) in [5, 5.41) is 19.8. The highest BCUT2D eigenvalue weighted by Gasteiger charge is 2.40. The molecule has 20 aromatic carbocycles. The molecule has 0 fully saturated rings. The Morgan fingerprint density at radius 1 is 0.173 bits per heavy atom. The molecule has 0 atom stereocenters. The molecule has 0 amide bonds. The second-order valence-corrected chi connectivity index (χ2v) is 41.8. The molecule has 0 saturated heterocycles. The Kier molecular flexibility index (Phi) is 32.6. The van der Waals surface area contributed by atoms with Gasteiger partial charge in [-0.1, -0.05) is 340 Å². The molecule has 14 nitrogen and oxygen atoms in total. The van der Waals surface area contributed by atoms with Gasteiger partial charge in [0.05, 0.1) is 37.0 Å². The molecule has 0 spiro atoms. The lowest BCUT2D eigenvalue weighted by Crippen LogP contribution is -2.26. The maximum atomic E-state index is 7.07. The van der Waals surface area contributed by atoms with E-state index < -0.39 is 33.2 Å². The summed E-state index contributed by atoms with van der Waals surface area (Å²) in [6.45, 7) is 7.61. The number of fused-ring (bicyclic) bond motifs is 9. The van der Waals surface area contributed by atoms with Gasteiger partial charge in [-0.2, -0.15) is 0 Å². The summed E-state index contributed by atoms with van der Waals surface area (Å²) < 4.78 is 68.3. The minimum atomic E-state index is -1.93. The van der Waals surface area contributed by atoms with Crippen molar-refractivity contribution in [3.63, 3.8) is 0 Å². The Labute approximate surface area is 883 Å². The molecule has 3 heterocycles. The lowest BCUT2D eigenvalue weighted by atomic mass is 9.86. The highest BCUT2D eigenvalue weighted by atomic mass is 31.2. The van der Waals surface area contributed by atoms with Crippen molar-refractivity contribution in [3.05, 3.63) is 509 Å². The van der Waals surface area contributed by atoms with Crippen LogP contribution in [0.1, 0.15) is 36.8 Å². The van der Waals surface area contributed by atoms with E-state index in [1.165, 1.54) is 33.4 Å². The molecule has 150 heavy (non-hydrogen) atoms. The van der Waals surface area contributed by atoms with Gasteiger partial charge in [0.25, 0.3) is 0 Å². The number of rotatable bonds is 26. The topological polar surface area (TPSA) is 140 Å². The zero-order valence-electron chi connectivity index (χ0n) is 83.3. The van der Waals surface area contributed by atoms with Gasteiger partial charge in [0.15, 0.2) is 0 Å². The standard InChI is InChI=1S/C52H42O6P2.C50H42N4O2P2.C30H28O2/c1-7-21-39(22-8-1)45-33-35-47-49(51(45)59(55-41-25-11-3-12-26-41)56-42-27-13-4-14-28-42)50-48(54-38-20-19-37-53-47)36-34-46(40-23-9-2-10-24-40)52(50)60(57-43-29-15-5-16-30-43)58-44-31-17-6-18-32-44;1-7-19-37(20-8-1)43-31-33-45-47(49(43)57(51-39-23-11-3-12-24-39)52-40-25-13-4-14-26-40)48-46(56-36-35-55-45)34-32-44(38-21-9-2-10-22-38)50(48)58(53-41-27-15-5-16-28-41)54-42-29-17-6-18-30-42;1-21-25(23-11-5-3-6-12-23)15-17-27-29(21)30-22(2)26(24-13-7-4-8-14-24)16-18-28(30)32-20-10-9-19-31-27/h1-18,21-36H,19-20,37-38H2;1-34,51-54H,35-36H2;3-8,11-18H,9-10,19-20H2,1-2H3. The van der Waals surface area contributed by atoms with Crippen LogP contribution in [0.15, 0.2) is 497 Å². The molecule has 0 bridgehead atoms. The molecule has 18 heteroatoms. The van der Waals surface area contributed by atoms with Crippen LogP contribution in [-0.4, -0.2) is 39.6 Å². The van der Waals surface area contributed by atoms with Crippen LogP contribution in [0.2, 0.25) is 0 Å². The second-order valence-electron chi connectivity index (χ2n) is 36.0. The molecule has 23 rings (SSSR count). The number of nitrogens with one attached hydrogen (secondary N) is 4. The Morgan fingerprint density at radius 2 is 0.347 bits per heavy atom. The highest BCUT2D eigenvalue weighted by molar-refractivity contribution is 7.70. The lowest BCUT2D eigenvalue weighted by molar-refractivity contribution is 0.214. The van der Waals surface area contributed by atoms with Crippen molar-refractivity contribution >= 4 is 77.2 Å². The van der Waals surface area contributed by atoms with E-state index in [0.29, 0.717) is 74.1 Å². The van der Waals surface area contributed by atoms with Gasteiger partial charge in [0.2, 0.25) is 0 Å². The van der Waals surface area contributed by atoms with Gasteiger partial charge in [-0.05, 0) is 275 Å². The molecule has 0 aromatic heterocycles. The predicted molar refractivity (Wildman–Crippen MR) is 624 cm³/mol. The van der Waals surface area contributed by atoms with Gasteiger partial charge in [-0.3, -0.25) is 0 Å². The average molecular weight is 2040 g/mol. The summed E-state index contributed by atoms with van der Waals surface area (Å²) in [5.74, 6) is 7.53. The Bertz CT molecular complexity index is 7200. The van der Waals surface area contributed by atoms with E-state index in [1.54, 1.807) is 0 Å². The molecule has 0 saturated carbocycles. The molecule has 740 valence electrons. The maximum absolute atomic E-state index is 7.07. The molecular formula is C132H112N4O10P4. The third-order valence-corrected chi connectivity index (χ3v) is 32.9. The smallest absolute Gasteiger partial charge is 0.327 e. The lowest BCUT2D eigenvalue weighted by Gasteiger charge is -2.33. The van der Waals surface area contributed by atoms with E-state index in [1.807, 2.05) is 158 Å². The van der Waals surface area contributed by atoms with E-state index in [4.69, 9.17) is 46.5 Å². The minimum Gasteiger partial charge on any atom is -0.493 e. The fraction of sp³-hybridized carbons (Fsp3) is 0.0909. The number of benzene rings is 20. The number of hydrogen-bond acceptors (Lipinski definition) is 14. The van der Waals surface area contributed by atoms with E-state index in [2.05, 4.69) is 374 Å². The van der Waals surface area contributed by atoms with Crippen molar-refractivity contribution in [3.8, 4) is 158 Å². The average Bonchev–Trinajstić information content (AvgIpc) is 0.731. The minimum absolute atomic E-state index is 0.405. The normalized spacial score (nSPS) is 12.4. The highest BCUT2D eigenvalue weighted by Crippen LogP contribution is 2.58. The molecule has 0 unspecified atom stereocenters. The molecule has 4 N–H and O–H groups in total. The van der Waals surface area contributed by atoms with Crippen LogP contribution >= 0.6 is 33.2 Å². The molecule has 0 aliphatic carbocycles. The summed E-state index contributed by atoms with van der Waals surface area (Å²) in [7, 11) is -6.61. The number of para-hydroxylation sites is 8. The van der Waals surface area contributed by atoms with Crippen LogP contribution in [0.25, 0.3) is 100 Å². The Balaban J connectivity index is 0.000000137. The number of anilines is 4. The van der Waals surface area contributed by atoms with Crippen molar-refractivity contribution in [2.24, 2.45) is 0 Å². The zero-order chi connectivity index (χ0) is 101. The van der Waals surface area contributed by atoms with Gasteiger partial charge in [-0.25, -0.2) is 0 Å². The summed E-state index contributed by atoms with van der Waals surface area (Å²) >= 11 is 0. The molecular weight excluding hydrogens is 1930 g/mol. The predicted octanol–water partition coefficient (Wildman–Crippen LogP) is 34.1. The van der Waals surface area contributed by atoms with Gasteiger partial charge in [0, 0.05) is 66.7 Å². The van der Waals surface area contributed by atoms with Gasteiger partial charge < -0.3 is 66.9 Å². The molecule has 0 radical (unpaired) electrons. The molecule has 20 aromatic rings. The largest absolute Gasteiger partial charge is 0.493 e. The fourth-order valence-electron chi connectivity index (χ4n) is 18.9. The summed E-state index contributed by atoms with van der Waals surface area (Å²) in [5.41, 5.74) is 25.4. The monoisotopic (exact) mass is 2040 g/mol. The summed E-state index contributed by atoms with van der Waals surface area (Å²) in [4.78, 5) is 0. The fourth-order valence-corrected chi connectivity index (χ4v) is 26.2. The third-order valence-electron chi connectivity index (χ3n) is 26.0. The number of ether oxygens (including phenoxy) is 6. The molecule has 3 aliphatic heterocycles. The van der Waals surface area contributed by atoms with Gasteiger partial charge >= 0.3 is 16.8 Å². The summed E-state index contributed by atoms with van der Waals surface area (Å²) in [6.07, 6.45) is 3.59. The van der Waals surface area contributed by atoms with E-state index in [0.717, 1.165) is 171 Å². The van der Waals surface area contributed by atoms with Crippen LogP contribution in [0.5, 0.6) is 57.5 Å². The van der Waals surface area contributed by atoms with E-state index in [9.17, 15) is 0 Å². The summed E-state index contributed by atoms with van der Waals surface area (Å²) in [6, 6.07) is 170. The SMILES string of the molecule is Cc1c(-c2ccccc2)ccc2c1-c1c(ccc(-c3ccccc3)c1C)OCCCCO2.c1ccc(NP(Nc2ccccc2)c2c(-c3ccccc3)ccc3c2-c2c(ccc(-c4ccccc4)c2P(Nc2ccccc2)Nc2ccccc2)OCCO3)cc1.c1ccc(OP(Oc2ccccc2)c2c(-c3ccccc3)ccc3c2-c2c(ccc(-c4ccccc4)c2P(Oc2ccccc2)Oc2ccccc2)OCCCCO3)cc1. The Morgan fingerprint density at radius 3 is 0.573 bits per heavy atom. The van der Waals surface area contributed by atoms with Crippen LogP contribution in [0.4, 0.5) is 22.7 Å². The maximum Gasteiger partial charge on any atom is 0.327 e. The number of hydrogen-bond donors (Lipinski definition) is 4. The van der Waals surface area contributed by atoms with Crippen LogP contribution in [0.3, 0.4) is 0 Å². The first kappa shape index (κ1) is 99.3. The first-order valence-corrected chi connectivity index (χ1v) is 55.8. The third kappa shape index (κ3) is 23.8. The van der Waals surface area contributed by atoms with Crippen LogP contribution in [0, 0.1) is 13.8 Å². The van der Waals surface area contributed by atoms with Crippen molar-refractivity contribution < 1.29 is 46.5 Å². The Hall–Kier alpha value is -16.7. The first-order valence-electron chi connectivity index (χ1n) is 50.8. The van der Waals surface area contributed by atoms with Crippen molar-refractivity contribution in [1.29, 1.82) is 0 Å². The van der Waals surface area contributed by atoms with Crippen molar-refractivity contribution in [1.82, 2.24) is 0 Å². The van der Waals surface area contributed by atoms with Crippen LogP contribution in [-0.2, 0) is 0 Å². The van der Waals surface area contributed by atoms with E-state index >= 15 is 0 Å². The van der Waals surface area contributed by atoms with Crippen molar-refractivity contribution in [2.75, 3.05) is 60.0 Å². The quantitative estimate of drug-likeness (QED) is 0.0382. The van der Waals surface area contributed by atoms with E-state index in [-0.39, 0.29) is 0 Å².